The maximum atomic E-state index is 12.8. The van der Waals surface area contributed by atoms with Crippen molar-refractivity contribution in [2.75, 3.05) is 27.2 Å². The summed E-state index contributed by atoms with van der Waals surface area (Å²) in [6.07, 6.45) is 6.13. The minimum absolute atomic E-state index is 0.0677. The zero-order valence-electron chi connectivity index (χ0n) is 15.1. The van der Waals surface area contributed by atoms with Gasteiger partial charge in [-0.25, -0.2) is 0 Å². The third-order valence-corrected chi connectivity index (χ3v) is 6.13. The van der Waals surface area contributed by atoms with Crippen LogP contribution in [0.1, 0.15) is 52.4 Å². The van der Waals surface area contributed by atoms with Gasteiger partial charge in [0.2, 0.25) is 11.8 Å². The predicted molar refractivity (Wildman–Crippen MR) is 89.9 cm³/mol. The molecule has 4 nitrogen and oxygen atoms in total. The number of quaternary nitrogens is 1. The first kappa shape index (κ1) is 16.7. The van der Waals surface area contributed by atoms with E-state index in [0.29, 0.717) is 6.54 Å². The summed E-state index contributed by atoms with van der Waals surface area (Å²) in [7, 11) is 4.21. The number of fused-ring (bicyclic) bond motifs is 1. The van der Waals surface area contributed by atoms with Crippen LogP contribution in [0.15, 0.2) is 11.1 Å². The first-order chi connectivity index (χ1) is 10.8. The molecule has 1 aliphatic heterocycles. The summed E-state index contributed by atoms with van der Waals surface area (Å²) in [6.45, 7) is 6.21. The summed E-state index contributed by atoms with van der Waals surface area (Å²) >= 11 is 0. The third-order valence-electron chi connectivity index (χ3n) is 6.13. The summed E-state index contributed by atoms with van der Waals surface area (Å²) in [5.74, 6) is 0.0533. The molecule has 1 fully saturated rings. The van der Waals surface area contributed by atoms with E-state index in [0.717, 1.165) is 32.2 Å². The number of imide groups is 1. The topological polar surface area (TPSA) is 41.8 Å². The number of nitrogens with one attached hydrogen (secondary N) is 1. The molecule has 3 rings (SSSR count). The Morgan fingerprint density at radius 3 is 2.43 bits per heavy atom. The van der Waals surface area contributed by atoms with Crippen molar-refractivity contribution in [3.05, 3.63) is 11.1 Å². The lowest BCUT2D eigenvalue weighted by molar-refractivity contribution is -0.858. The van der Waals surface area contributed by atoms with Crippen molar-refractivity contribution in [2.45, 2.75) is 52.4 Å². The minimum Gasteiger partial charge on any atom is -0.340 e. The summed E-state index contributed by atoms with van der Waals surface area (Å²) < 4.78 is 0. The van der Waals surface area contributed by atoms with Crippen LogP contribution in [0.4, 0.5) is 0 Å². The smallest absolute Gasteiger partial charge is 0.233 e. The fraction of sp³-hybridized carbons (Fsp3) is 0.789. The molecule has 0 saturated carbocycles. The van der Waals surface area contributed by atoms with Crippen LogP contribution < -0.4 is 4.90 Å². The molecule has 128 valence electrons. The molecule has 2 aliphatic carbocycles. The zero-order chi connectivity index (χ0) is 16.8. The molecule has 4 heteroatoms. The maximum absolute atomic E-state index is 12.8. The van der Waals surface area contributed by atoms with Crippen LogP contribution in [0.25, 0.3) is 0 Å². The van der Waals surface area contributed by atoms with Gasteiger partial charge in [0.25, 0.3) is 0 Å². The molecular weight excluding hydrogens is 288 g/mol. The lowest BCUT2D eigenvalue weighted by atomic mass is 9.63. The molecule has 0 aromatic carbocycles. The minimum atomic E-state index is -0.0784. The van der Waals surface area contributed by atoms with Crippen molar-refractivity contribution in [2.24, 2.45) is 17.3 Å². The molecule has 0 aromatic heterocycles. The predicted octanol–water partition coefficient (Wildman–Crippen LogP) is 1.42. The van der Waals surface area contributed by atoms with Gasteiger partial charge < -0.3 is 4.90 Å². The van der Waals surface area contributed by atoms with Crippen LogP contribution in [0, 0.1) is 17.3 Å². The van der Waals surface area contributed by atoms with Gasteiger partial charge in [-0.2, -0.15) is 0 Å². The van der Waals surface area contributed by atoms with Crippen molar-refractivity contribution in [1.82, 2.24) is 4.90 Å². The fourth-order valence-electron chi connectivity index (χ4n) is 4.78. The third kappa shape index (κ3) is 2.98. The number of nitrogens with zero attached hydrogens (tertiary/aromatic N) is 1. The number of carbonyl (C=O) groups excluding carboxylic acids is 2. The Balaban J connectivity index is 1.75. The Morgan fingerprint density at radius 2 is 1.78 bits per heavy atom. The Bertz CT molecular complexity index is 548. The second-order valence-corrected chi connectivity index (χ2v) is 8.58. The lowest BCUT2D eigenvalue weighted by Crippen LogP contribution is -3.05. The number of likely N-dealkylation sites (tertiary alicyclic amines) is 1. The van der Waals surface area contributed by atoms with Crippen LogP contribution in [0.5, 0.6) is 0 Å². The Kier molecular flexibility index (Phi) is 4.39. The summed E-state index contributed by atoms with van der Waals surface area (Å²) in [4.78, 5) is 28.5. The number of carbonyl (C=O) groups is 2. The van der Waals surface area contributed by atoms with Gasteiger partial charge in [0, 0.05) is 13.0 Å². The highest BCUT2D eigenvalue weighted by Gasteiger charge is 2.51. The quantitative estimate of drug-likeness (QED) is 0.629. The van der Waals surface area contributed by atoms with E-state index < -0.39 is 0 Å². The van der Waals surface area contributed by atoms with E-state index in [9.17, 15) is 9.59 Å². The molecule has 1 saturated heterocycles. The molecule has 1 heterocycles. The van der Waals surface area contributed by atoms with Crippen LogP contribution in [0.2, 0.25) is 0 Å². The molecular formula is C19H31N2O2+. The molecule has 0 aromatic rings. The van der Waals surface area contributed by atoms with Gasteiger partial charge in [0.05, 0.1) is 32.5 Å². The van der Waals surface area contributed by atoms with Gasteiger partial charge in [-0.05, 0) is 37.5 Å². The molecule has 0 spiro atoms. The first-order valence-electron chi connectivity index (χ1n) is 9.17. The molecule has 2 amide bonds. The van der Waals surface area contributed by atoms with E-state index in [1.54, 1.807) is 4.90 Å². The highest BCUT2D eigenvalue weighted by Crippen LogP contribution is 2.51. The number of allylic oxidation sites excluding steroid dienone is 2. The lowest BCUT2D eigenvalue weighted by Gasteiger charge is -2.40. The molecule has 0 bridgehead atoms. The van der Waals surface area contributed by atoms with Crippen LogP contribution >= 0.6 is 0 Å². The van der Waals surface area contributed by atoms with E-state index >= 15 is 0 Å². The van der Waals surface area contributed by atoms with E-state index in [1.165, 1.54) is 28.9 Å². The van der Waals surface area contributed by atoms with Gasteiger partial charge in [0.1, 0.15) is 0 Å². The highest BCUT2D eigenvalue weighted by atomic mass is 16.2. The number of rotatable bonds is 4. The van der Waals surface area contributed by atoms with E-state index in [4.69, 9.17) is 0 Å². The summed E-state index contributed by atoms with van der Waals surface area (Å²) in [5, 5.41) is 0. The zero-order valence-corrected chi connectivity index (χ0v) is 15.1. The van der Waals surface area contributed by atoms with Crippen molar-refractivity contribution in [1.29, 1.82) is 0 Å². The Hall–Kier alpha value is -1.16. The number of amides is 2. The standard InChI is InChI=1S/C19H30N2O2/c1-19(2)8-5-7-13-11-14-15(12-16(13)19)18(23)21(17(14)22)10-6-9-20(3)4/h14-15H,5-12H2,1-4H3/p+1/t14-,15+/m0/s1. The Labute approximate surface area is 139 Å². The van der Waals surface area contributed by atoms with Gasteiger partial charge in [-0.3, -0.25) is 14.5 Å². The second-order valence-electron chi connectivity index (χ2n) is 8.58. The monoisotopic (exact) mass is 319 g/mol. The summed E-state index contributed by atoms with van der Waals surface area (Å²) in [6, 6.07) is 0. The van der Waals surface area contributed by atoms with Crippen molar-refractivity contribution >= 4 is 11.8 Å². The van der Waals surface area contributed by atoms with E-state index in [2.05, 4.69) is 27.9 Å². The molecule has 23 heavy (non-hydrogen) atoms. The largest absolute Gasteiger partial charge is 0.340 e. The second kappa shape index (κ2) is 6.04. The van der Waals surface area contributed by atoms with Gasteiger partial charge in [-0.15, -0.1) is 0 Å². The maximum Gasteiger partial charge on any atom is 0.233 e. The SMILES string of the molecule is C[NH+](C)CCCN1C(=O)[C@H]2CC3=C(C[C@H]2C1=O)C(C)(C)CCC3. The normalized spacial score (nSPS) is 30.0. The van der Waals surface area contributed by atoms with Crippen LogP contribution in [0.3, 0.4) is 0 Å². The van der Waals surface area contributed by atoms with Gasteiger partial charge >= 0.3 is 0 Å². The Morgan fingerprint density at radius 1 is 1.13 bits per heavy atom. The van der Waals surface area contributed by atoms with Crippen molar-refractivity contribution < 1.29 is 14.5 Å². The van der Waals surface area contributed by atoms with E-state index in [1.807, 2.05) is 0 Å². The van der Waals surface area contributed by atoms with Gasteiger partial charge in [0.15, 0.2) is 0 Å². The van der Waals surface area contributed by atoms with Crippen LogP contribution in [-0.4, -0.2) is 43.9 Å². The molecule has 0 radical (unpaired) electrons. The molecule has 2 atom stereocenters. The van der Waals surface area contributed by atoms with Crippen molar-refractivity contribution in [3.8, 4) is 0 Å². The molecule has 0 unspecified atom stereocenters. The van der Waals surface area contributed by atoms with Gasteiger partial charge in [-0.1, -0.05) is 25.0 Å². The average Bonchev–Trinajstić information content (AvgIpc) is 2.70. The van der Waals surface area contributed by atoms with Crippen LogP contribution in [-0.2, 0) is 9.59 Å². The van der Waals surface area contributed by atoms with Crippen molar-refractivity contribution in [3.63, 3.8) is 0 Å². The average molecular weight is 319 g/mol. The summed E-state index contributed by atoms with van der Waals surface area (Å²) in [5.41, 5.74) is 3.19. The fourth-order valence-corrected chi connectivity index (χ4v) is 4.78. The molecule has 1 N–H and O–H groups in total. The highest BCUT2D eigenvalue weighted by molar-refractivity contribution is 6.05. The number of hydrogen-bond donors (Lipinski definition) is 1. The first-order valence-corrected chi connectivity index (χ1v) is 9.17. The van der Waals surface area contributed by atoms with E-state index in [-0.39, 0.29) is 29.1 Å². The molecule has 3 aliphatic rings. The number of hydrogen-bond acceptors (Lipinski definition) is 2.